The maximum Gasteiger partial charge on any atom is 0.295 e. The van der Waals surface area contributed by atoms with Crippen LogP contribution in [0.1, 0.15) is 28.9 Å². The van der Waals surface area contributed by atoms with Gasteiger partial charge in [0.1, 0.15) is 17.4 Å². The van der Waals surface area contributed by atoms with E-state index in [9.17, 15) is 4.79 Å². The van der Waals surface area contributed by atoms with Crippen molar-refractivity contribution >= 4 is 11.6 Å². The Hall–Kier alpha value is -3.06. The number of hydrogen-bond donors (Lipinski definition) is 1. The molecule has 0 fully saturated rings. The van der Waals surface area contributed by atoms with E-state index in [1.54, 1.807) is 12.3 Å². The van der Waals surface area contributed by atoms with E-state index in [0.29, 0.717) is 18.7 Å². The molecule has 1 amide bonds. The van der Waals surface area contributed by atoms with E-state index in [4.69, 9.17) is 10.5 Å². The topological polar surface area (TPSA) is 94.3 Å². The fourth-order valence-corrected chi connectivity index (χ4v) is 3.03. The van der Waals surface area contributed by atoms with Crippen molar-refractivity contribution in [1.82, 2.24) is 9.38 Å². The highest BCUT2D eigenvalue weighted by atomic mass is 16.5. The number of ether oxygens (including phenoxy) is 1. The van der Waals surface area contributed by atoms with E-state index in [1.807, 2.05) is 41.8 Å². The van der Waals surface area contributed by atoms with Crippen LogP contribution < -0.4 is 10.5 Å². The van der Waals surface area contributed by atoms with Crippen LogP contribution in [0.2, 0.25) is 0 Å². The number of carbonyl (C=O) groups excluding carboxylic acids is 1. The highest BCUT2D eigenvalue weighted by Crippen LogP contribution is 2.32. The summed E-state index contributed by atoms with van der Waals surface area (Å²) in [6.45, 7) is 2.84. The molecule has 3 heterocycles. The second-order valence-electron chi connectivity index (χ2n) is 5.74. The molecule has 0 saturated carbocycles. The number of benzene rings is 1. The van der Waals surface area contributed by atoms with Crippen LogP contribution in [0.5, 0.6) is 5.75 Å². The van der Waals surface area contributed by atoms with Gasteiger partial charge in [-0.05, 0) is 36.8 Å². The number of carbonyl (C=O) groups is 1. The Balaban J connectivity index is 1.84. The van der Waals surface area contributed by atoms with E-state index in [1.165, 1.54) is 0 Å². The zero-order valence-corrected chi connectivity index (χ0v) is 13.7. The Kier molecular flexibility index (Phi) is 3.77. The number of nitrogens with zero attached hydrogens (tertiary/aromatic N) is 4. The number of rotatable bonds is 4. The first-order chi connectivity index (χ1) is 12.2. The summed E-state index contributed by atoms with van der Waals surface area (Å²) in [5.41, 5.74) is 9.80. The lowest BCUT2D eigenvalue weighted by molar-refractivity contribution is 0.0985. The van der Waals surface area contributed by atoms with Crippen molar-refractivity contribution in [2.45, 2.75) is 13.0 Å². The van der Waals surface area contributed by atoms with E-state index in [2.05, 4.69) is 15.2 Å². The number of aromatic nitrogens is 2. The van der Waals surface area contributed by atoms with Crippen molar-refractivity contribution in [3.63, 3.8) is 0 Å². The smallest absolute Gasteiger partial charge is 0.295 e. The second kappa shape index (κ2) is 6.10. The molecule has 1 aromatic carbocycles. The average molecular weight is 335 g/mol. The molecule has 7 heteroatoms. The van der Waals surface area contributed by atoms with Gasteiger partial charge in [0.05, 0.1) is 24.7 Å². The molecule has 2 N–H and O–H groups in total. The van der Waals surface area contributed by atoms with Gasteiger partial charge in [-0.2, -0.15) is 5.11 Å². The van der Waals surface area contributed by atoms with Gasteiger partial charge in [0, 0.05) is 17.7 Å². The summed E-state index contributed by atoms with van der Waals surface area (Å²) in [6.07, 6.45) is 3.71. The molecule has 1 atom stereocenters. The van der Waals surface area contributed by atoms with Crippen LogP contribution >= 0.6 is 0 Å². The summed E-state index contributed by atoms with van der Waals surface area (Å²) in [5, 5.41) is 7.67. The van der Waals surface area contributed by atoms with E-state index >= 15 is 0 Å². The van der Waals surface area contributed by atoms with Crippen molar-refractivity contribution in [2.75, 3.05) is 13.2 Å². The van der Waals surface area contributed by atoms with Gasteiger partial charge >= 0.3 is 0 Å². The standard InChI is InChI=1S/C18H17N5O2/c1-2-25-12-4-6-17-20-9-16(23(17)10-12)11-3-5-13-14(7-11)15(8-19)21-22-18(13)24/h3-7,9-10,15H,2,8,19H2,1H3. The quantitative estimate of drug-likeness (QED) is 0.793. The largest absolute Gasteiger partial charge is 0.492 e. The molecular weight excluding hydrogens is 318 g/mol. The van der Waals surface area contributed by atoms with Crippen LogP contribution in [0.15, 0.2) is 53.0 Å². The third-order valence-electron chi connectivity index (χ3n) is 4.24. The Bertz CT molecular complexity index is 992. The molecule has 1 unspecified atom stereocenters. The first kappa shape index (κ1) is 15.5. The van der Waals surface area contributed by atoms with Gasteiger partial charge in [0.25, 0.3) is 5.91 Å². The summed E-state index contributed by atoms with van der Waals surface area (Å²) in [5.74, 6) is 0.444. The average Bonchev–Trinajstić information content (AvgIpc) is 3.05. The minimum atomic E-state index is -0.331. The minimum Gasteiger partial charge on any atom is -0.492 e. The van der Waals surface area contributed by atoms with Crippen LogP contribution in [0.25, 0.3) is 16.9 Å². The Morgan fingerprint density at radius 1 is 1.28 bits per heavy atom. The third kappa shape index (κ3) is 2.58. The molecule has 0 spiro atoms. The zero-order valence-electron chi connectivity index (χ0n) is 13.7. The molecule has 0 aliphatic carbocycles. The molecule has 0 saturated heterocycles. The van der Waals surface area contributed by atoms with Crippen LogP contribution in [0, 0.1) is 0 Å². The second-order valence-corrected chi connectivity index (χ2v) is 5.74. The SMILES string of the molecule is CCOc1ccc2ncc(-c3ccc4c(c3)C(CN)N=NC4=O)n2c1. The summed E-state index contributed by atoms with van der Waals surface area (Å²) in [7, 11) is 0. The Morgan fingerprint density at radius 2 is 2.16 bits per heavy atom. The van der Waals surface area contributed by atoms with Gasteiger partial charge < -0.3 is 10.5 Å². The number of azo groups is 1. The minimum absolute atomic E-state index is 0.300. The summed E-state index contributed by atoms with van der Waals surface area (Å²) >= 11 is 0. The summed E-state index contributed by atoms with van der Waals surface area (Å²) < 4.78 is 7.54. The van der Waals surface area contributed by atoms with E-state index in [-0.39, 0.29) is 11.9 Å². The van der Waals surface area contributed by atoms with E-state index in [0.717, 1.165) is 28.2 Å². The first-order valence-electron chi connectivity index (χ1n) is 8.10. The molecule has 1 aliphatic heterocycles. The van der Waals surface area contributed by atoms with Gasteiger partial charge in [0.2, 0.25) is 0 Å². The number of amides is 1. The lowest BCUT2D eigenvalue weighted by Gasteiger charge is -2.17. The number of imidazole rings is 1. The summed E-state index contributed by atoms with van der Waals surface area (Å²) in [6, 6.07) is 9.12. The van der Waals surface area contributed by atoms with Crippen molar-refractivity contribution in [2.24, 2.45) is 16.0 Å². The third-order valence-corrected chi connectivity index (χ3v) is 4.24. The molecule has 25 heavy (non-hydrogen) atoms. The molecular formula is C18H17N5O2. The fourth-order valence-electron chi connectivity index (χ4n) is 3.03. The predicted octanol–water partition coefficient (Wildman–Crippen LogP) is 3.01. The van der Waals surface area contributed by atoms with Gasteiger partial charge in [-0.15, -0.1) is 5.11 Å². The first-order valence-corrected chi connectivity index (χ1v) is 8.10. The predicted molar refractivity (Wildman–Crippen MR) is 92.8 cm³/mol. The van der Waals surface area contributed by atoms with Crippen LogP contribution in [-0.4, -0.2) is 28.4 Å². The van der Waals surface area contributed by atoms with E-state index < -0.39 is 0 Å². The number of hydrogen-bond acceptors (Lipinski definition) is 5. The van der Waals surface area contributed by atoms with Gasteiger partial charge in [-0.25, -0.2) is 4.98 Å². The zero-order chi connectivity index (χ0) is 17.4. The maximum absolute atomic E-state index is 11.9. The van der Waals surface area contributed by atoms with Crippen molar-refractivity contribution in [3.05, 3.63) is 53.9 Å². The molecule has 3 aromatic rings. The molecule has 2 aromatic heterocycles. The molecule has 0 bridgehead atoms. The number of fused-ring (bicyclic) bond motifs is 2. The Morgan fingerprint density at radius 3 is 2.96 bits per heavy atom. The highest BCUT2D eigenvalue weighted by molar-refractivity contribution is 5.97. The normalized spacial score (nSPS) is 16.2. The van der Waals surface area contributed by atoms with Gasteiger partial charge in [0.15, 0.2) is 0 Å². The molecule has 7 nitrogen and oxygen atoms in total. The fraction of sp³-hybridized carbons (Fsp3) is 0.222. The molecule has 4 rings (SSSR count). The molecule has 0 radical (unpaired) electrons. The molecule has 1 aliphatic rings. The van der Waals surface area contributed by atoms with Crippen molar-refractivity contribution in [1.29, 1.82) is 0 Å². The van der Waals surface area contributed by atoms with Gasteiger partial charge in [-0.1, -0.05) is 6.07 Å². The van der Waals surface area contributed by atoms with Crippen LogP contribution in [0.4, 0.5) is 0 Å². The van der Waals surface area contributed by atoms with Crippen molar-refractivity contribution < 1.29 is 9.53 Å². The number of nitrogens with two attached hydrogens (primary N) is 1. The monoisotopic (exact) mass is 335 g/mol. The highest BCUT2D eigenvalue weighted by Gasteiger charge is 2.23. The molecule has 126 valence electrons. The number of pyridine rings is 1. The maximum atomic E-state index is 11.9. The lowest BCUT2D eigenvalue weighted by atomic mass is 9.95. The lowest BCUT2D eigenvalue weighted by Crippen LogP contribution is -2.17. The van der Waals surface area contributed by atoms with Crippen LogP contribution in [-0.2, 0) is 0 Å². The Labute approximate surface area is 144 Å². The van der Waals surface area contributed by atoms with Gasteiger partial charge in [-0.3, -0.25) is 9.20 Å². The summed E-state index contributed by atoms with van der Waals surface area (Å²) in [4.78, 5) is 16.4. The van der Waals surface area contributed by atoms with Crippen molar-refractivity contribution in [3.8, 4) is 17.0 Å². The van der Waals surface area contributed by atoms with Crippen LogP contribution in [0.3, 0.4) is 0 Å².